The summed E-state index contributed by atoms with van der Waals surface area (Å²) in [6.45, 7) is 3.43. The van der Waals surface area contributed by atoms with E-state index < -0.39 is 11.5 Å². The normalized spacial score (nSPS) is 14.2. The predicted molar refractivity (Wildman–Crippen MR) is 38.9 cm³/mol. The molecule has 0 aromatic rings. The lowest BCUT2D eigenvalue weighted by molar-refractivity contribution is -0.134. The van der Waals surface area contributed by atoms with E-state index in [1.807, 2.05) is 0 Å². The summed E-state index contributed by atoms with van der Waals surface area (Å²) in [6.07, 6.45) is -0.822. The molecule has 4 heteroatoms. The van der Waals surface area contributed by atoms with E-state index in [0.29, 0.717) is 0 Å². The number of carbonyl (C=O) groups is 1. The summed E-state index contributed by atoms with van der Waals surface area (Å²) in [5, 5.41) is 18.0. The molecule has 4 nitrogen and oxygen atoms in total. The smallest absolute Gasteiger partial charge is 0.293 e. The number of ether oxygens (including phenoxy) is 1. The van der Waals surface area contributed by atoms with Crippen LogP contribution in [0.1, 0.15) is 13.8 Å². The summed E-state index contributed by atoms with van der Waals surface area (Å²) in [6, 6.07) is 0. The first-order valence-electron chi connectivity index (χ1n) is 3.38. The highest BCUT2D eigenvalue weighted by Gasteiger charge is 2.27. The van der Waals surface area contributed by atoms with Gasteiger partial charge >= 0.3 is 0 Å². The fourth-order valence-corrected chi connectivity index (χ4v) is 0.461. The quantitative estimate of drug-likeness (QED) is 0.537. The fourth-order valence-electron chi connectivity index (χ4n) is 0.461. The maximum atomic E-state index is 9.73. The van der Waals surface area contributed by atoms with E-state index in [1.165, 1.54) is 0 Å². The Balaban J connectivity index is 3.80. The lowest BCUT2D eigenvalue weighted by Gasteiger charge is -2.26. The molecule has 1 unspecified atom stereocenters. The molecule has 0 spiro atoms. The molecule has 0 aliphatic rings. The second kappa shape index (κ2) is 4.31. The lowest BCUT2D eigenvalue weighted by atomic mass is 9.88. The highest BCUT2D eigenvalue weighted by atomic mass is 16.5. The number of hydrogen-bond acceptors (Lipinski definition) is 4. The first-order chi connectivity index (χ1) is 5.04. The van der Waals surface area contributed by atoms with Gasteiger partial charge in [-0.2, -0.15) is 0 Å². The van der Waals surface area contributed by atoms with Crippen LogP contribution < -0.4 is 0 Å². The van der Waals surface area contributed by atoms with E-state index in [-0.39, 0.29) is 19.7 Å². The van der Waals surface area contributed by atoms with Gasteiger partial charge in [-0.1, -0.05) is 13.8 Å². The number of aliphatic hydroxyl groups is 2. The molecular weight excluding hydrogens is 148 g/mol. The van der Waals surface area contributed by atoms with Gasteiger partial charge in [-0.3, -0.25) is 4.79 Å². The van der Waals surface area contributed by atoms with E-state index in [1.54, 1.807) is 13.8 Å². The van der Waals surface area contributed by atoms with Crippen molar-refractivity contribution in [2.75, 3.05) is 13.2 Å². The van der Waals surface area contributed by atoms with E-state index >= 15 is 0 Å². The van der Waals surface area contributed by atoms with Crippen LogP contribution in [0.4, 0.5) is 0 Å². The second-order valence-electron chi connectivity index (χ2n) is 3.09. The molecule has 0 aromatic carbocycles. The number of hydrogen-bond donors (Lipinski definition) is 2. The van der Waals surface area contributed by atoms with Gasteiger partial charge < -0.3 is 14.9 Å². The van der Waals surface area contributed by atoms with E-state index in [9.17, 15) is 9.90 Å². The summed E-state index contributed by atoms with van der Waals surface area (Å²) in [5.41, 5.74) is -0.622. The second-order valence-corrected chi connectivity index (χ2v) is 3.09. The van der Waals surface area contributed by atoms with Crippen molar-refractivity contribution in [3.63, 3.8) is 0 Å². The topological polar surface area (TPSA) is 66.8 Å². The van der Waals surface area contributed by atoms with Crippen molar-refractivity contribution >= 4 is 6.47 Å². The number of carbonyl (C=O) groups excluding carboxylic acids is 1. The third-order valence-corrected chi connectivity index (χ3v) is 1.63. The predicted octanol–water partition coefficient (Wildman–Crippen LogP) is -0.461. The van der Waals surface area contributed by atoms with Gasteiger partial charge in [-0.15, -0.1) is 0 Å². The van der Waals surface area contributed by atoms with Gasteiger partial charge in [0, 0.05) is 5.41 Å². The number of aliphatic hydroxyl groups excluding tert-OH is 2. The third-order valence-electron chi connectivity index (χ3n) is 1.63. The van der Waals surface area contributed by atoms with E-state index in [4.69, 9.17) is 5.11 Å². The lowest BCUT2D eigenvalue weighted by Crippen LogP contribution is -2.36. The first-order valence-corrected chi connectivity index (χ1v) is 3.38. The summed E-state index contributed by atoms with van der Waals surface area (Å²) >= 11 is 0. The third kappa shape index (κ3) is 3.34. The van der Waals surface area contributed by atoms with Crippen LogP contribution in [-0.4, -0.2) is 36.0 Å². The zero-order valence-electron chi connectivity index (χ0n) is 6.78. The van der Waals surface area contributed by atoms with Crippen LogP contribution >= 0.6 is 0 Å². The molecule has 0 heterocycles. The monoisotopic (exact) mass is 162 g/mol. The van der Waals surface area contributed by atoms with Crippen molar-refractivity contribution in [1.29, 1.82) is 0 Å². The van der Waals surface area contributed by atoms with Gasteiger partial charge in [0.15, 0.2) is 0 Å². The molecule has 0 rings (SSSR count). The zero-order valence-corrected chi connectivity index (χ0v) is 6.78. The van der Waals surface area contributed by atoms with Crippen LogP contribution in [0.3, 0.4) is 0 Å². The fraction of sp³-hybridized carbons (Fsp3) is 0.857. The van der Waals surface area contributed by atoms with Crippen LogP contribution in [-0.2, 0) is 9.53 Å². The van der Waals surface area contributed by atoms with Gasteiger partial charge in [-0.25, -0.2) is 0 Å². The van der Waals surface area contributed by atoms with Crippen LogP contribution in [0.25, 0.3) is 0 Å². The van der Waals surface area contributed by atoms with E-state index in [2.05, 4.69) is 4.74 Å². The molecule has 0 saturated heterocycles. The Morgan fingerprint density at radius 3 is 2.55 bits per heavy atom. The Kier molecular flexibility index (Phi) is 4.07. The van der Waals surface area contributed by atoms with Crippen LogP contribution in [0.5, 0.6) is 0 Å². The van der Waals surface area contributed by atoms with Crippen LogP contribution in [0.2, 0.25) is 0 Å². The van der Waals surface area contributed by atoms with Crippen molar-refractivity contribution in [1.82, 2.24) is 0 Å². The molecule has 0 bridgehead atoms. The minimum Gasteiger partial charge on any atom is -0.465 e. The van der Waals surface area contributed by atoms with Crippen molar-refractivity contribution in [3.8, 4) is 0 Å². The molecule has 0 fully saturated rings. The number of rotatable bonds is 5. The minimum absolute atomic E-state index is 0.0724. The average Bonchev–Trinajstić information content (AvgIpc) is 2.00. The average molecular weight is 162 g/mol. The molecular formula is C7H14O4. The molecule has 11 heavy (non-hydrogen) atoms. The summed E-state index contributed by atoms with van der Waals surface area (Å²) in [4.78, 5) is 9.73. The largest absolute Gasteiger partial charge is 0.465 e. The van der Waals surface area contributed by atoms with Crippen molar-refractivity contribution in [2.45, 2.75) is 20.0 Å². The van der Waals surface area contributed by atoms with E-state index in [0.717, 1.165) is 0 Å². The van der Waals surface area contributed by atoms with Crippen molar-refractivity contribution in [2.24, 2.45) is 5.41 Å². The summed E-state index contributed by atoms with van der Waals surface area (Å²) < 4.78 is 4.34. The molecule has 0 aromatic heterocycles. The van der Waals surface area contributed by atoms with Gasteiger partial charge in [-0.05, 0) is 0 Å². The maximum absolute atomic E-state index is 9.73. The van der Waals surface area contributed by atoms with Crippen molar-refractivity contribution in [3.05, 3.63) is 0 Å². The highest BCUT2D eigenvalue weighted by molar-refractivity contribution is 5.36. The summed E-state index contributed by atoms with van der Waals surface area (Å²) in [5.74, 6) is 0. The zero-order chi connectivity index (χ0) is 8.91. The Morgan fingerprint density at radius 2 is 2.18 bits per heavy atom. The molecule has 0 amide bonds. The molecule has 0 radical (unpaired) electrons. The van der Waals surface area contributed by atoms with Crippen LogP contribution in [0.15, 0.2) is 0 Å². The standard InChI is InChI=1S/C7H14O4/c1-7(2,4-8)6(10)3-11-5-9/h5-6,8,10H,3-4H2,1-2H3. The molecule has 66 valence electrons. The Hall–Kier alpha value is -0.610. The Labute approximate surface area is 65.8 Å². The molecule has 0 aliphatic carbocycles. The molecule has 0 aliphatic heterocycles. The minimum atomic E-state index is -0.822. The molecule has 2 N–H and O–H groups in total. The Morgan fingerprint density at radius 1 is 1.64 bits per heavy atom. The SMILES string of the molecule is CC(C)(CO)C(O)COC=O. The van der Waals surface area contributed by atoms with Crippen molar-refractivity contribution < 1.29 is 19.7 Å². The molecule has 1 atom stereocenters. The van der Waals surface area contributed by atoms with Gasteiger partial charge in [0.05, 0.1) is 12.7 Å². The van der Waals surface area contributed by atoms with Gasteiger partial charge in [0.25, 0.3) is 6.47 Å². The summed E-state index contributed by atoms with van der Waals surface area (Å²) in [7, 11) is 0. The maximum Gasteiger partial charge on any atom is 0.293 e. The van der Waals surface area contributed by atoms with Gasteiger partial charge in [0.2, 0.25) is 0 Å². The highest BCUT2D eigenvalue weighted by Crippen LogP contribution is 2.19. The van der Waals surface area contributed by atoms with Gasteiger partial charge in [0.1, 0.15) is 6.61 Å². The first kappa shape index (κ1) is 10.4. The van der Waals surface area contributed by atoms with Crippen LogP contribution in [0, 0.1) is 5.41 Å². The molecule has 0 saturated carbocycles. The Bertz CT molecular complexity index is 122.